The Morgan fingerprint density at radius 1 is 1.16 bits per heavy atom. The Hall–Kier alpha value is -2.13. The molecule has 94 valence electrons. The first-order chi connectivity index (χ1) is 9.22. The van der Waals surface area contributed by atoms with Crippen molar-refractivity contribution in [1.29, 1.82) is 0 Å². The minimum Gasteiger partial charge on any atom is -0.342 e. The van der Waals surface area contributed by atoms with E-state index in [1.807, 2.05) is 24.3 Å². The summed E-state index contributed by atoms with van der Waals surface area (Å²) < 4.78 is 0. The Balaban J connectivity index is 1.86. The number of hydrogen-bond acceptors (Lipinski definition) is 2. The van der Waals surface area contributed by atoms with Gasteiger partial charge < -0.3 is 4.98 Å². The van der Waals surface area contributed by atoms with Crippen LogP contribution in [0.3, 0.4) is 0 Å². The van der Waals surface area contributed by atoms with Crippen molar-refractivity contribution >= 4 is 28.4 Å². The molecule has 0 saturated heterocycles. The smallest absolute Gasteiger partial charge is 0.170 e. The van der Waals surface area contributed by atoms with E-state index in [-0.39, 0.29) is 12.2 Å². The molecule has 0 unspecified atom stereocenters. The molecule has 4 heteroatoms. The highest BCUT2D eigenvalue weighted by atomic mass is 35.5. The quantitative estimate of drug-likeness (QED) is 0.739. The molecule has 1 aromatic heterocycles. The first-order valence-corrected chi connectivity index (χ1v) is 6.32. The second-order valence-electron chi connectivity index (χ2n) is 4.31. The number of imidazole rings is 1. The van der Waals surface area contributed by atoms with E-state index in [4.69, 9.17) is 11.6 Å². The number of aromatic amines is 1. The van der Waals surface area contributed by atoms with Crippen LogP contribution in [-0.2, 0) is 6.42 Å². The van der Waals surface area contributed by atoms with E-state index >= 15 is 0 Å². The number of halogens is 1. The number of ketones is 1. The number of carbonyl (C=O) groups excluding carboxylic acids is 1. The maximum atomic E-state index is 12.1. The fourth-order valence-corrected chi connectivity index (χ4v) is 2.20. The number of nitrogens with zero attached hydrogens (tertiary/aromatic N) is 1. The van der Waals surface area contributed by atoms with Gasteiger partial charge >= 0.3 is 0 Å². The summed E-state index contributed by atoms with van der Waals surface area (Å²) in [6, 6.07) is 14.7. The van der Waals surface area contributed by atoms with E-state index in [2.05, 4.69) is 9.97 Å². The third-order valence-corrected chi connectivity index (χ3v) is 3.15. The molecular weight excluding hydrogens is 260 g/mol. The molecule has 0 radical (unpaired) electrons. The minimum absolute atomic E-state index is 0.00144. The first kappa shape index (κ1) is 11.9. The third-order valence-electron chi connectivity index (χ3n) is 2.91. The second-order valence-corrected chi connectivity index (χ2v) is 4.75. The number of nitrogens with one attached hydrogen (secondary N) is 1. The zero-order valence-electron chi connectivity index (χ0n) is 10.1. The maximum Gasteiger partial charge on any atom is 0.170 e. The van der Waals surface area contributed by atoms with Crippen LogP contribution in [0, 0.1) is 0 Å². The predicted octanol–water partition coefficient (Wildman–Crippen LogP) is 3.64. The standard InChI is InChI=1S/C15H11ClN2O/c16-11-5-3-4-10(8-11)14(19)9-15-17-12-6-1-2-7-13(12)18-15/h1-8H,9H2,(H,17,18). The van der Waals surface area contributed by atoms with Crippen molar-refractivity contribution in [1.82, 2.24) is 9.97 Å². The molecule has 0 spiro atoms. The van der Waals surface area contributed by atoms with Crippen LogP contribution in [0.4, 0.5) is 0 Å². The summed E-state index contributed by atoms with van der Waals surface area (Å²) in [5, 5.41) is 0.565. The molecule has 1 heterocycles. The lowest BCUT2D eigenvalue weighted by Gasteiger charge is -1.99. The van der Waals surface area contributed by atoms with Crippen LogP contribution in [0.1, 0.15) is 16.2 Å². The van der Waals surface area contributed by atoms with Crippen molar-refractivity contribution in [3.8, 4) is 0 Å². The van der Waals surface area contributed by atoms with E-state index in [1.165, 1.54) is 0 Å². The lowest BCUT2D eigenvalue weighted by Crippen LogP contribution is -2.04. The van der Waals surface area contributed by atoms with Crippen LogP contribution >= 0.6 is 11.6 Å². The molecule has 19 heavy (non-hydrogen) atoms. The Kier molecular flexibility index (Phi) is 3.05. The molecule has 3 nitrogen and oxygen atoms in total. The van der Waals surface area contributed by atoms with Gasteiger partial charge in [-0.2, -0.15) is 0 Å². The van der Waals surface area contributed by atoms with Gasteiger partial charge in [-0.1, -0.05) is 35.9 Å². The molecule has 0 bridgehead atoms. The first-order valence-electron chi connectivity index (χ1n) is 5.95. The number of carbonyl (C=O) groups is 1. The zero-order chi connectivity index (χ0) is 13.2. The molecule has 0 saturated carbocycles. The number of aromatic nitrogens is 2. The highest BCUT2D eigenvalue weighted by molar-refractivity contribution is 6.31. The predicted molar refractivity (Wildman–Crippen MR) is 75.6 cm³/mol. The second kappa shape index (κ2) is 4.86. The third kappa shape index (κ3) is 2.51. The Labute approximate surface area is 115 Å². The summed E-state index contributed by atoms with van der Waals surface area (Å²) in [4.78, 5) is 19.7. The van der Waals surface area contributed by atoms with Crippen molar-refractivity contribution in [3.05, 3.63) is 64.9 Å². The molecular formula is C15H11ClN2O. The number of fused-ring (bicyclic) bond motifs is 1. The molecule has 0 aliphatic heterocycles. The molecule has 0 fully saturated rings. The lowest BCUT2D eigenvalue weighted by molar-refractivity contribution is 0.0991. The van der Waals surface area contributed by atoms with Gasteiger partial charge in [-0.25, -0.2) is 4.98 Å². The Morgan fingerprint density at radius 2 is 2.00 bits per heavy atom. The SMILES string of the molecule is O=C(Cc1nc2ccccc2[nH]1)c1cccc(Cl)c1. The Bertz CT molecular complexity index is 715. The van der Waals surface area contributed by atoms with Crippen LogP contribution in [-0.4, -0.2) is 15.8 Å². The van der Waals surface area contributed by atoms with Crippen LogP contribution in [0.2, 0.25) is 5.02 Å². The Morgan fingerprint density at radius 3 is 2.79 bits per heavy atom. The molecule has 1 N–H and O–H groups in total. The number of hydrogen-bond donors (Lipinski definition) is 1. The lowest BCUT2D eigenvalue weighted by atomic mass is 10.1. The summed E-state index contributed by atoms with van der Waals surface area (Å²) in [5.74, 6) is 0.674. The van der Waals surface area contributed by atoms with Crippen molar-refractivity contribution in [2.45, 2.75) is 6.42 Å². The fourth-order valence-electron chi connectivity index (χ4n) is 2.01. The van der Waals surface area contributed by atoms with Crippen molar-refractivity contribution in [3.63, 3.8) is 0 Å². The topological polar surface area (TPSA) is 45.8 Å². The molecule has 0 aliphatic rings. The van der Waals surface area contributed by atoms with Gasteiger partial charge in [0.25, 0.3) is 0 Å². The number of H-pyrrole nitrogens is 1. The van der Waals surface area contributed by atoms with Gasteiger partial charge in [0.1, 0.15) is 5.82 Å². The van der Waals surface area contributed by atoms with E-state index in [1.54, 1.807) is 24.3 Å². The number of benzene rings is 2. The maximum absolute atomic E-state index is 12.1. The minimum atomic E-state index is 0.00144. The van der Waals surface area contributed by atoms with Crippen LogP contribution in [0.5, 0.6) is 0 Å². The van der Waals surface area contributed by atoms with Gasteiger partial charge in [-0.3, -0.25) is 4.79 Å². The summed E-state index contributed by atoms with van der Waals surface area (Å²) in [7, 11) is 0. The molecule has 0 aliphatic carbocycles. The number of para-hydroxylation sites is 2. The van der Waals surface area contributed by atoms with E-state index in [0.717, 1.165) is 11.0 Å². The van der Waals surface area contributed by atoms with Gasteiger partial charge in [-0.15, -0.1) is 0 Å². The number of rotatable bonds is 3. The fraction of sp³-hybridized carbons (Fsp3) is 0.0667. The van der Waals surface area contributed by atoms with E-state index in [0.29, 0.717) is 16.4 Å². The van der Waals surface area contributed by atoms with Crippen molar-refractivity contribution < 1.29 is 4.79 Å². The summed E-state index contributed by atoms with van der Waals surface area (Å²) in [6.45, 7) is 0. The van der Waals surface area contributed by atoms with E-state index < -0.39 is 0 Å². The number of Topliss-reactive ketones (excluding diaryl/α,β-unsaturated/α-hetero) is 1. The van der Waals surface area contributed by atoms with Gasteiger partial charge in [0.2, 0.25) is 0 Å². The van der Waals surface area contributed by atoms with Crippen LogP contribution in [0.25, 0.3) is 11.0 Å². The van der Waals surface area contributed by atoms with Crippen molar-refractivity contribution in [2.75, 3.05) is 0 Å². The molecule has 0 amide bonds. The molecule has 0 atom stereocenters. The summed E-state index contributed by atoms with van der Waals surface area (Å²) >= 11 is 5.88. The molecule has 2 aromatic carbocycles. The summed E-state index contributed by atoms with van der Waals surface area (Å²) in [5.41, 5.74) is 2.42. The van der Waals surface area contributed by atoms with Gasteiger partial charge in [-0.05, 0) is 24.3 Å². The largest absolute Gasteiger partial charge is 0.342 e. The normalized spacial score (nSPS) is 10.8. The zero-order valence-corrected chi connectivity index (χ0v) is 10.8. The van der Waals surface area contributed by atoms with Gasteiger partial charge in [0.15, 0.2) is 5.78 Å². The van der Waals surface area contributed by atoms with Crippen LogP contribution < -0.4 is 0 Å². The van der Waals surface area contributed by atoms with Gasteiger partial charge in [0.05, 0.1) is 17.5 Å². The van der Waals surface area contributed by atoms with Crippen molar-refractivity contribution in [2.24, 2.45) is 0 Å². The average Bonchev–Trinajstić information content (AvgIpc) is 2.80. The highest BCUT2D eigenvalue weighted by Crippen LogP contribution is 2.15. The monoisotopic (exact) mass is 270 g/mol. The average molecular weight is 271 g/mol. The van der Waals surface area contributed by atoms with E-state index in [9.17, 15) is 4.79 Å². The molecule has 3 rings (SSSR count). The van der Waals surface area contributed by atoms with Gasteiger partial charge in [0, 0.05) is 10.6 Å². The summed E-state index contributed by atoms with van der Waals surface area (Å²) in [6.07, 6.45) is 0.245. The van der Waals surface area contributed by atoms with Crippen LogP contribution in [0.15, 0.2) is 48.5 Å². The molecule has 3 aromatic rings. The highest BCUT2D eigenvalue weighted by Gasteiger charge is 2.10.